The van der Waals surface area contributed by atoms with Gasteiger partial charge in [0, 0.05) is 75.5 Å². The van der Waals surface area contributed by atoms with Crippen molar-refractivity contribution >= 4 is 46.2 Å². The van der Waals surface area contributed by atoms with Gasteiger partial charge in [0.15, 0.2) is 5.82 Å². The van der Waals surface area contributed by atoms with Crippen LogP contribution in [-0.2, 0) is 9.63 Å². The van der Waals surface area contributed by atoms with E-state index in [4.69, 9.17) is 21.2 Å². The molecule has 3 aromatic rings. The summed E-state index contributed by atoms with van der Waals surface area (Å²) in [5, 5.41) is 7.99. The van der Waals surface area contributed by atoms with Crippen molar-refractivity contribution in [3.05, 3.63) is 71.8 Å². The van der Waals surface area contributed by atoms with Gasteiger partial charge in [-0.15, -0.1) is 0 Å². The average molecular weight is 677 g/mol. The van der Waals surface area contributed by atoms with Crippen molar-refractivity contribution in [3.63, 3.8) is 0 Å². The van der Waals surface area contributed by atoms with E-state index in [1.165, 1.54) is 44.4 Å². The molecular weight excluding hydrogens is 635 g/mol. The lowest BCUT2D eigenvalue weighted by atomic mass is 10.0. The van der Waals surface area contributed by atoms with Gasteiger partial charge in [-0.3, -0.25) is 19.4 Å². The smallest absolute Gasteiger partial charge is 0.247 e. The van der Waals surface area contributed by atoms with E-state index >= 15 is 0 Å². The number of carbonyl (C=O) groups excluding carboxylic acids is 1. The number of nitrogens with one attached hydrogen (secondary N) is 2. The van der Waals surface area contributed by atoms with Gasteiger partial charge in [-0.2, -0.15) is 0 Å². The summed E-state index contributed by atoms with van der Waals surface area (Å²) in [5.41, 5.74) is 2.58. The first-order valence-electron chi connectivity index (χ1n) is 16.8. The fourth-order valence-corrected chi connectivity index (χ4v) is 7.37. The summed E-state index contributed by atoms with van der Waals surface area (Å²) in [7, 11) is 1.62. The second-order valence-electron chi connectivity index (χ2n) is 12.8. The molecule has 48 heavy (non-hydrogen) atoms. The van der Waals surface area contributed by atoms with Gasteiger partial charge >= 0.3 is 0 Å². The molecule has 4 heterocycles. The zero-order chi connectivity index (χ0) is 33.2. The summed E-state index contributed by atoms with van der Waals surface area (Å²) in [4.78, 5) is 34.9. The van der Waals surface area contributed by atoms with Gasteiger partial charge in [0.1, 0.15) is 23.7 Å². The third-order valence-electron chi connectivity index (χ3n) is 9.88. The molecule has 3 aliphatic heterocycles. The summed E-state index contributed by atoms with van der Waals surface area (Å²) in [6.07, 6.45) is 8.10. The molecule has 1 saturated carbocycles. The van der Waals surface area contributed by atoms with Crippen molar-refractivity contribution in [2.24, 2.45) is 0 Å². The summed E-state index contributed by atoms with van der Waals surface area (Å²) in [5.74, 6) is 0.751. The van der Waals surface area contributed by atoms with Crippen LogP contribution in [0.4, 0.5) is 33.1 Å². The highest BCUT2D eigenvalue weighted by molar-refractivity contribution is 6.30. The minimum absolute atomic E-state index is 0.0610. The van der Waals surface area contributed by atoms with Crippen LogP contribution in [-0.4, -0.2) is 90.7 Å². The summed E-state index contributed by atoms with van der Waals surface area (Å²) in [6, 6.07) is 11.5. The molecule has 3 saturated heterocycles. The molecule has 11 nitrogen and oxygen atoms in total. The number of hydroxylamine groups is 1. The lowest BCUT2D eigenvalue weighted by Gasteiger charge is -2.43. The first-order chi connectivity index (χ1) is 23.4. The molecule has 2 N–H and O–H groups in total. The Kier molecular flexibility index (Phi) is 9.67. The molecule has 0 bridgehead atoms. The molecule has 0 unspecified atom stereocenters. The number of piperidine rings is 1. The first kappa shape index (κ1) is 32.6. The van der Waals surface area contributed by atoms with E-state index in [2.05, 4.69) is 41.9 Å². The predicted molar refractivity (Wildman–Crippen MR) is 186 cm³/mol. The van der Waals surface area contributed by atoms with Crippen LogP contribution in [0.2, 0.25) is 5.02 Å². The molecule has 254 valence electrons. The Hall–Kier alpha value is -3.97. The summed E-state index contributed by atoms with van der Waals surface area (Å²) in [6.45, 7) is 10.4. The molecule has 7 rings (SSSR count). The van der Waals surface area contributed by atoms with Gasteiger partial charge in [0.05, 0.1) is 41.8 Å². The lowest BCUT2D eigenvalue weighted by Crippen LogP contribution is -2.53. The topological polar surface area (TPSA) is 98.3 Å². The fourth-order valence-electron chi connectivity index (χ4n) is 7.19. The highest BCUT2D eigenvalue weighted by Crippen LogP contribution is 2.41. The molecule has 1 aliphatic carbocycles. The molecule has 0 spiro atoms. The number of hydrogen-bond acceptors (Lipinski definition) is 10. The minimum Gasteiger partial charge on any atom is -0.494 e. The van der Waals surface area contributed by atoms with E-state index in [0.29, 0.717) is 53.4 Å². The van der Waals surface area contributed by atoms with E-state index in [9.17, 15) is 9.18 Å². The normalized spacial score (nSPS) is 20.9. The largest absolute Gasteiger partial charge is 0.494 e. The number of halogens is 2. The number of piperazine rings is 1. The van der Waals surface area contributed by atoms with Crippen LogP contribution in [0.15, 0.2) is 55.4 Å². The van der Waals surface area contributed by atoms with E-state index in [0.717, 1.165) is 50.7 Å². The lowest BCUT2D eigenvalue weighted by molar-refractivity contribution is -0.111. The maximum atomic E-state index is 14.9. The average Bonchev–Trinajstić information content (AvgIpc) is 3.86. The van der Waals surface area contributed by atoms with Gasteiger partial charge < -0.3 is 20.3 Å². The number of ether oxygens (including phenoxy) is 1. The van der Waals surface area contributed by atoms with E-state index < -0.39 is 11.9 Å². The number of rotatable bonds is 10. The minimum atomic E-state index is -0.470. The quantitative estimate of drug-likeness (QED) is 0.257. The summed E-state index contributed by atoms with van der Waals surface area (Å²) < 4.78 is 20.8. The molecule has 13 heteroatoms. The number of benzene rings is 2. The Balaban J connectivity index is 1.09. The van der Waals surface area contributed by atoms with Crippen molar-refractivity contribution in [3.8, 4) is 5.75 Å². The number of methoxy groups -OCH3 is 1. The molecule has 4 aliphatic rings. The Morgan fingerprint density at radius 2 is 1.73 bits per heavy atom. The Morgan fingerprint density at radius 1 is 1.00 bits per heavy atom. The van der Waals surface area contributed by atoms with Crippen LogP contribution in [0.25, 0.3) is 0 Å². The Morgan fingerprint density at radius 3 is 2.42 bits per heavy atom. The third kappa shape index (κ3) is 6.93. The number of carbonyl (C=O) groups is 1. The maximum absolute atomic E-state index is 14.9. The number of aromatic nitrogens is 2. The van der Waals surface area contributed by atoms with Crippen molar-refractivity contribution in [1.82, 2.24) is 19.8 Å². The van der Waals surface area contributed by atoms with Gasteiger partial charge in [0.2, 0.25) is 5.91 Å². The van der Waals surface area contributed by atoms with Gasteiger partial charge in [-0.05, 0) is 43.9 Å². The SMILES string of the molecule is C=CC(=O)Nc1cc(Nc2cc(N3OCC[C@@H]3c3cccc(Cl)c3F)ncn2)c(OC)cc1N1CCC(N2CCN(C3CC3)CC2)CC1. The zero-order valence-corrected chi connectivity index (χ0v) is 28.0. The second kappa shape index (κ2) is 14.3. The van der Waals surface area contributed by atoms with Crippen LogP contribution in [0, 0.1) is 5.82 Å². The summed E-state index contributed by atoms with van der Waals surface area (Å²) >= 11 is 6.08. The number of anilines is 5. The Bertz CT molecular complexity index is 1640. The standard InChI is InChI=1S/C35H42ClFN8O3/c1-3-34(46)41-27-19-28(40-32-21-33(39-22-38-32)45-29(11-18-48-45)25-5-4-6-26(36)35(25)37)31(47-2)20-30(27)44-12-9-24(10-13-44)43-16-14-42(15-17-43)23-7-8-23/h3-6,19-24,29H,1,7-18H2,2H3,(H,41,46)(H,38,39,40)/t29-/m1/s1. The molecular formula is C35H42ClFN8O3. The van der Waals surface area contributed by atoms with E-state index in [-0.39, 0.29) is 10.9 Å². The van der Waals surface area contributed by atoms with Crippen molar-refractivity contribution in [2.75, 3.05) is 73.6 Å². The molecule has 1 amide bonds. The monoisotopic (exact) mass is 676 g/mol. The number of amides is 1. The fraction of sp³-hybridized carbons (Fsp3) is 0.457. The van der Waals surface area contributed by atoms with E-state index in [1.807, 2.05) is 12.1 Å². The highest BCUT2D eigenvalue weighted by Gasteiger charge is 2.35. The second-order valence-corrected chi connectivity index (χ2v) is 13.2. The molecule has 1 atom stereocenters. The zero-order valence-electron chi connectivity index (χ0n) is 27.2. The molecule has 1 aromatic heterocycles. The van der Waals surface area contributed by atoms with Gasteiger partial charge in [-0.25, -0.2) is 19.4 Å². The van der Waals surface area contributed by atoms with Crippen LogP contribution < -0.4 is 25.3 Å². The predicted octanol–water partition coefficient (Wildman–Crippen LogP) is 5.78. The van der Waals surface area contributed by atoms with E-state index in [1.54, 1.807) is 30.4 Å². The third-order valence-corrected chi connectivity index (χ3v) is 10.2. The molecule has 2 aromatic carbocycles. The van der Waals surface area contributed by atoms with Crippen LogP contribution in [0.5, 0.6) is 5.75 Å². The molecule has 0 radical (unpaired) electrons. The molecule has 4 fully saturated rings. The highest BCUT2D eigenvalue weighted by atomic mass is 35.5. The van der Waals surface area contributed by atoms with Crippen LogP contribution in [0.1, 0.15) is 43.7 Å². The van der Waals surface area contributed by atoms with Crippen LogP contribution >= 0.6 is 11.6 Å². The van der Waals surface area contributed by atoms with Crippen molar-refractivity contribution in [2.45, 2.75) is 50.2 Å². The van der Waals surface area contributed by atoms with Crippen molar-refractivity contribution in [1.29, 1.82) is 0 Å². The van der Waals surface area contributed by atoms with Crippen LogP contribution in [0.3, 0.4) is 0 Å². The number of hydrogen-bond donors (Lipinski definition) is 2. The maximum Gasteiger partial charge on any atom is 0.247 e. The Labute approximate surface area is 285 Å². The van der Waals surface area contributed by atoms with Crippen molar-refractivity contribution < 1.29 is 18.8 Å². The first-order valence-corrected chi connectivity index (χ1v) is 17.1. The van der Waals surface area contributed by atoms with Gasteiger partial charge in [0.25, 0.3) is 0 Å². The van der Waals surface area contributed by atoms with Gasteiger partial charge in [-0.1, -0.05) is 30.3 Å². The number of nitrogens with zero attached hydrogens (tertiary/aromatic N) is 6.